The van der Waals surface area contributed by atoms with Gasteiger partial charge in [-0.25, -0.2) is 0 Å². The molecule has 2 aliphatic rings. The molecule has 3 unspecified atom stereocenters. The maximum Gasteiger partial charge on any atom is 0.272 e. The first kappa shape index (κ1) is 30.3. The standard InChI is InChI=1S/C32H35Cl3N2O4/c33-32(34,35)31(39)36-19-23-6-4-7-25(16-23)26-8-5-9-27(17-26)30-40-28(20-37-14-2-1-3-15-37)18-29(41-30)24-12-10-22(21-38)11-13-24/h4-13,16-17,28-30,38H,1-3,14-15,18-21H2,(H,36,39). The number of carbonyl (C=O) groups excluding carboxylic acids is 1. The van der Waals surface area contributed by atoms with Crippen LogP contribution in [0.5, 0.6) is 0 Å². The normalized spacial score (nSPS) is 21.9. The van der Waals surface area contributed by atoms with Crippen LogP contribution in [0.15, 0.2) is 72.8 Å². The molecule has 1 amide bonds. The summed E-state index contributed by atoms with van der Waals surface area (Å²) < 4.78 is 11.2. The van der Waals surface area contributed by atoms with Crippen molar-refractivity contribution in [3.63, 3.8) is 0 Å². The Labute approximate surface area is 256 Å². The maximum atomic E-state index is 12.0. The molecule has 2 aliphatic heterocycles. The highest BCUT2D eigenvalue weighted by molar-refractivity contribution is 6.76. The molecular weight excluding hydrogens is 583 g/mol. The molecule has 0 aromatic heterocycles. The Morgan fingerprint density at radius 1 is 0.878 bits per heavy atom. The number of amides is 1. The average Bonchev–Trinajstić information content (AvgIpc) is 3.00. The third-order valence-electron chi connectivity index (χ3n) is 7.66. The first-order valence-electron chi connectivity index (χ1n) is 14.1. The largest absolute Gasteiger partial charge is 0.392 e. The van der Waals surface area contributed by atoms with Crippen molar-refractivity contribution in [2.45, 2.75) is 61.1 Å². The van der Waals surface area contributed by atoms with E-state index < -0.39 is 16.0 Å². The molecule has 218 valence electrons. The van der Waals surface area contributed by atoms with Crippen LogP contribution in [-0.2, 0) is 27.4 Å². The minimum Gasteiger partial charge on any atom is -0.392 e. The van der Waals surface area contributed by atoms with E-state index in [1.807, 2.05) is 66.7 Å². The van der Waals surface area contributed by atoms with Gasteiger partial charge in [0.1, 0.15) is 0 Å². The number of nitrogens with one attached hydrogen (secondary N) is 1. The Kier molecular flexibility index (Phi) is 10.3. The van der Waals surface area contributed by atoms with Crippen molar-refractivity contribution in [3.8, 4) is 11.1 Å². The van der Waals surface area contributed by atoms with E-state index in [0.717, 1.165) is 59.4 Å². The molecule has 3 aromatic rings. The average molecular weight is 618 g/mol. The lowest BCUT2D eigenvalue weighted by molar-refractivity contribution is -0.253. The Balaban J connectivity index is 1.35. The number of hydrogen-bond donors (Lipinski definition) is 2. The van der Waals surface area contributed by atoms with E-state index >= 15 is 0 Å². The smallest absolute Gasteiger partial charge is 0.272 e. The molecule has 0 saturated carbocycles. The number of aliphatic hydroxyl groups is 1. The summed E-state index contributed by atoms with van der Waals surface area (Å²) in [6.07, 6.45) is 3.91. The molecule has 0 radical (unpaired) electrons. The van der Waals surface area contributed by atoms with Gasteiger partial charge in [-0.2, -0.15) is 0 Å². The van der Waals surface area contributed by atoms with Crippen LogP contribution in [0, 0.1) is 0 Å². The topological polar surface area (TPSA) is 71.0 Å². The predicted octanol–water partition coefficient (Wildman–Crippen LogP) is 6.86. The van der Waals surface area contributed by atoms with E-state index in [1.165, 1.54) is 19.3 Å². The van der Waals surface area contributed by atoms with Gasteiger partial charge in [0, 0.05) is 25.1 Å². The molecule has 0 spiro atoms. The number of aliphatic hydroxyl groups excluding tert-OH is 1. The van der Waals surface area contributed by atoms with Gasteiger partial charge in [-0.05, 0) is 65.9 Å². The van der Waals surface area contributed by atoms with Crippen LogP contribution in [0.25, 0.3) is 11.1 Å². The fourth-order valence-electron chi connectivity index (χ4n) is 5.47. The fraction of sp³-hybridized carbons (Fsp3) is 0.406. The van der Waals surface area contributed by atoms with Crippen molar-refractivity contribution in [1.29, 1.82) is 0 Å². The second-order valence-corrected chi connectivity index (χ2v) is 13.0. The van der Waals surface area contributed by atoms with Crippen LogP contribution in [0.4, 0.5) is 0 Å². The first-order valence-corrected chi connectivity index (χ1v) is 15.2. The number of alkyl halides is 3. The number of nitrogens with zero attached hydrogens (tertiary/aromatic N) is 1. The predicted molar refractivity (Wildman–Crippen MR) is 163 cm³/mol. The number of piperidine rings is 1. The third-order valence-corrected chi connectivity index (χ3v) is 8.17. The number of likely N-dealkylation sites (tertiary alicyclic amines) is 1. The monoisotopic (exact) mass is 616 g/mol. The molecular formula is C32H35Cl3N2O4. The molecule has 2 saturated heterocycles. The van der Waals surface area contributed by atoms with Crippen molar-refractivity contribution in [3.05, 3.63) is 95.1 Å². The van der Waals surface area contributed by atoms with Gasteiger partial charge in [0.2, 0.25) is 0 Å². The molecule has 2 fully saturated rings. The SMILES string of the molecule is O=C(NCc1cccc(-c2cccc(C3OC(CN4CCCCC4)CC(c4ccc(CO)cc4)O3)c2)c1)C(Cl)(Cl)Cl. The second kappa shape index (κ2) is 13.9. The first-order chi connectivity index (χ1) is 19.8. The van der Waals surface area contributed by atoms with Gasteiger partial charge in [-0.1, -0.05) is 102 Å². The summed E-state index contributed by atoms with van der Waals surface area (Å²) in [4.78, 5) is 14.5. The van der Waals surface area contributed by atoms with E-state index in [2.05, 4.69) is 16.3 Å². The second-order valence-electron chi connectivity index (χ2n) is 10.7. The molecule has 3 atom stereocenters. The van der Waals surface area contributed by atoms with Crippen LogP contribution in [0.1, 0.15) is 60.3 Å². The molecule has 3 aromatic carbocycles. The van der Waals surface area contributed by atoms with Crippen molar-refractivity contribution in [2.75, 3.05) is 19.6 Å². The van der Waals surface area contributed by atoms with Gasteiger partial charge in [-0.15, -0.1) is 0 Å². The van der Waals surface area contributed by atoms with Crippen molar-refractivity contribution >= 4 is 40.7 Å². The minimum atomic E-state index is -2.00. The van der Waals surface area contributed by atoms with Gasteiger partial charge in [-0.3, -0.25) is 4.79 Å². The van der Waals surface area contributed by atoms with Crippen LogP contribution in [0.2, 0.25) is 0 Å². The summed E-state index contributed by atoms with van der Waals surface area (Å²) in [5.74, 6) is -0.666. The van der Waals surface area contributed by atoms with Gasteiger partial charge in [0.05, 0.1) is 18.8 Å². The van der Waals surface area contributed by atoms with E-state index in [1.54, 1.807) is 0 Å². The highest BCUT2D eigenvalue weighted by Gasteiger charge is 2.33. The quantitative estimate of drug-likeness (QED) is 0.270. The Morgan fingerprint density at radius 3 is 2.29 bits per heavy atom. The molecule has 6 nitrogen and oxygen atoms in total. The fourth-order valence-corrected chi connectivity index (χ4v) is 5.67. The summed E-state index contributed by atoms with van der Waals surface area (Å²) in [5.41, 5.74) is 5.78. The summed E-state index contributed by atoms with van der Waals surface area (Å²) in [6.45, 7) is 3.35. The van der Waals surface area contributed by atoms with Gasteiger partial charge in [0.15, 0.2) is 6.29 Å². The zero-order valence-electron chi connectivity index (χ0n) is 22.8. The number of carbonyl (C=O) groups is 1. The van der Waals surface area contributed by atoms with E-state index in [9.17, 15) is 9.90 Å². The summed E-state index contributed by atoms with van der Waals surface area (Å²) in [7, 11) is 0. The van der Waals surface area contributed by atoms with E-state index in [0.29, 0.717) is 0 Å². The zero-order chi connectivity index (χ0) is 28.8. The number of hydrogen-bond acceptors (Lipinski definition) is 5. The van der Waals surface area contributed by atoms with Crippen molar-refractivity contribution in [2.24, 2.45) is 0 Å². The van der Waals surface area contributed by atoms with Crippen molar-refractivity contribution in [1.82, 2.24) is 10.2 Å². The molecule has 5 rings (SSSR count). The van der Waals surface area contributed by atoms with Gasteiger partial charge < -0.3 is 24.8 Å². The lowest BCUT2D eigenvalue weighted by Gasteiger charge is -2.39. The number of rotatable bonds is 8. The Hall–Kier alpha value is -2.16. The highest BCUT2D eigenvalue weighted by Crippen LogP contribution is 2.39. The lowest BCUT2D eigenvalue weighted by atomic mass is 9.98. The number of halogens is 3. The summed E-state index contributed by atoms with van der Waals surface area (Å²) >= 11 is 17.0. The van der Waals surface area contributed by atoms with Gasteiger partial charge in [0.25, 0.3) is 9.70 Å². The third kappa shape index (κ3) is 8.23. The molecule has 0 bridgehead atoms. The zero-order valence-corrected chi connectivity index (χ0v) is 25.0. The summed E-state index contributed by atoms with van der Waals surface area (Å²) in [5, 5.41) is 12.1. The van der Waals surface area contributed by atoms with E-state index in [4.69, 9.17) is 44.3 Å². The Morgan fingerprint density at radius 2 is 1.59 bits per heavy atom. The van der Waals surface area contributed by atoms with E-state index in [-0.39, 0.29) is 25.4 Å². The molecule has 2 heterocycles. The number of benzene rings is 3. The lowest BCUT2D eigenvalue weighted by Crippen LogP contribution is -2.41. The highest BCUT2D eigenvalue weighted by atomic mass is 35.6. The molecule has 41 heavy (non-hydrogen) atoms. The van der Waals surface area contributed by atoms with Crippen LogP contribution in [-0.4, -0.2) is 45.4 Å². The van der Waals surface area contributed by atoms with Crippen LogP contribution >= 0.6 is 34.8 Å². The molecule has 2 N–H and O–H groups in total. The number of ether oxygens (including phenoxy) is 2. The maximum absolute atomic E-state index is 12.0. The van der Waals surface area contributed by atoms with Crippen molar-refractivity contribution < 1.29 is 19.4 Å². The van der Waals surface area contributed by atoms with Crippen LogP contribution in [0.3, 0.4) is 0 Å². The van der Waals surface area contributed by atoms with Gasteiger partial charge >= 0.3 is 0 Å². The minimum absolute atomic E-state index is 0.0163. The molecule has 0 aliphatic carbocycles. The summed E-state index contributed by atoms with van der Waals surface area (Å²) in [6, 6.07) is 24.0. The Bertz CT molecular complexity index is 1310. The molecule has 9 heteroatoms. The van der Waals surface area contributed by atoms with Crippen LogP contribution < -0.4 is 5.32 Å².